The fraction of sp³-hybridized carbons (Fsp3) is 0.889. The van der Waals surface area contributed by atoms with Gasteiger partial charge in [-0.15, -0.1) is 12.4 Å². The molecule has 0 aromatic heterocycles. The van der Waals surface area contributed by atoms with Crippen molar-refractivity contribution in [3.8, 4) is 0 Å². The number of hydrogen-bond acceptors (Lipinski definition) is 3. The van der Waals surface area contributed by atoms with E-state index in [0.29, 0.717) is 6.54 Å². The molecule has 1 fully saturated rings. The molecule has 5 heteroatoms. The van der Waals surface area contributed by atoms with Crippen LogP contribution >= 0.6 is 12.4 Å². The van der Waals surface area contributed by atoms with Crippen LogP contribution in [0.1, 0.15) is 20.3 Å². The number of hydrogen-bond donors (Lipinski definition) is 3. The SMILES string of the molecule is C[C@H](CN)NC(=O)C1(C)CCNC1.Cl. The van der Waals surface area contributed by atoms with Crippen molar-refractivity contribution in [3.05, 3.63) is 0 Å². The predicted octanol–water partition coefficient (Wildman–Crippen LogP) is -0.129. The Morgan fingerprint density at radius 1 is 1.71 bits per heavy atom. The molecule has 14 heavy (non-hydrogen) atoms. The number of carbonyl (C=O) groups excluding carboxylic acids is 1. The first-order valence-corrected chi connectivity index (χ1v) is 4.80. The van der Waals surface area contributed by atoms with Crippen LogP contribution in [-0.2, 0) is 4.79 Å². The zero-order chi connectivity index (χ0) is 9.90. The van der Waals surface area contributed by atoms with Crippen molar-refractivity contribution in [1.82, 2.24) is 10.6 Å². The summed E-state index contributed by atoms with van der Waals surface area (Å²) in [6.07, 6.45) is 0.913. The number of carbonyl (C=O) groups is 1. The van der Waals surface area contributed by atoms with Gasteiger partial charge in [-0.25, -0.2) is 0 Å². The molecule has 4 nitrogen and oxygen atoms in total. The molecule has 0 spiro atoms. The Balaban J connectivity index is 0.00000169. The molecular weight excluding hydrogens is 202 g/mol. The van der Waals surface area contributed by atoms with Gasteiger partial charge < -0.3 is 16.4 Å². The predicted molar refractivity (Wildman–Crippen MR) is 59.5 cm³/mol. The fourth-order valence-corrected chi connectivity index (χ4v) is 1.47. The second kappa shape index (κ2) is 5.53. The molecule has 0 aromatic carbocycles. The molecule has 1 aliphatic heterocycles. The summed E-state index contributed by atoms with van der Waals surface area (Å²) in [6.45, 7) is 6.11. The Hall–Kier alpha value is -0.320. The molecule has 1 saturated heterocycles. The quantitative estimate of drug-likeness (QED) is 0.622. The molecule has 0 aliphatic carbocycles. The molecule has 2 atom stereocenters. The molecular formula is C9H20ClN3O. The lowest BCUT2D eigenvalue weighted by Gasteiger charge is -2.23. The second-order valence-corrected chi connectivity index (χ2v) is 4.10. The summed E-state index contributed by atoms with van der Waals surface area (Å²) in [5.74, 6) is 0.121. The van der Waals surface area contributed by atoms with Gasteiger partial charge >= 0.3 is 0 Å². The number of halogens is 1. The number of amides is 1. The summed E-state index contributed by atoms with van der Waals surface area (Å²) < 4.78 is 0. The van der Waals surface area contributed by atoms with E-state index in [4.69, 9.17) is 5.73 Å². The summed E-state index contributed by atoms with van der Waals surface area (Å²) in [7, 11) is 0. The van der Waals surface area contributed by atoms with Crippen molar-refractivity contribution in [1.29, 1.82) is 0 Å². The van der Waals surface area contributed by atoms with E-state index in [1.165, 1.54) is 0 Å². The van der Waals surface area contributed by atoms with Gasteiger partial charge in [0.15, 0.2) is 0 Å². The van der Waals surface area contributed by atoms with E-state index >= 15 is 0 Å². The van der Waals surface area contributed by atoms with Gasteiger partial charge in [0.25, 0.3) is 0 Å². The van der Waals surface area contributed by atoms with Gasteiger partial charge in [0.1, 0.15) is 0 Å². The average molecular weight is 222 g/mol. The van der Waals surface area contributed by atoms with Gasteiger partial charge in [-0.3, -0.25) is 4.79 Å². The van der Waals surface area contributed by atoms with Crippen LogP contribution in [0.5, 0.6) is 0 Å². The van der Waals surface area contributed by atoms with E-state index in [9.17, 15) is 4.79 Å². The summed E-state index contributed by atoms with van der Waals surface area (Å²) in [5, 5.41) is 6.10. The first-order chi connectivity index (χ1) is 6.08. The largest absolute Gasteiger partial charge is 0.352 e. The molecule has 84 valence electrons. The molecule has 1 heterocycles. The Kier molecular flexibility index (Phi) is 5.41. The Morgan fingerprint density at radius 3 is 2.79 bits per heavy atom. The van der Waals surface area contributed by atoms with Crippen molar-refractivity contribution < 1.29 is 4.79 Å². The van der Waals surface area contributed by atoms with Crippen LogP contribution < -0.4 is 16.4 Å². The molecule has 1 amide bonds. The zero-order valence-corrected chi connectivity index (χ0v) is 9.62. The van der Waals surface area contributed by atoms with Crippen molar-refractivity contribution in [2.24, 2.45) is 11.1 Å². The molecule has 1 aliphatic rings. The molecule has 4 N–H and O–H groups in total. The average Bonchev–Trinajstić information content (AvgIpc) is 2.53. The van der Waals surface area contributed by atoms with Crippen LogP contribution in [0.15, 0.2) is 0 Å². The van der Waals surface area contributed by atoms with Gasteiger partial charge in [0.2, 0.25) is 5.91 Å². The topological polar surface area (TPSA) is 67.1 Å². The maximum absolute atomic E-state index is 11.7. The lowest BCUT2D eigenvalue weighted by Crippen LogP contribution is -2.46. The third kappa shape index (κ3) is 3.12. The lowest BCUT2D eigenvalue weighted by molar-refractivity contribution is -0.129. The summed E-state index contributed by atoms with van der Waals surface area (Å²) >= 11 is 0. The van der Waals surface area contributed by atoms with Crippen LogP contribution in [0, 0.1) is 5.41 Å². The van der Waals surface area contributed by atoms with Gasteiger partial charge in [0.05, 0.1) is 5.41 Å². The first-order valence-electron chi connectivity index (χ1n) is 4.80. The van der Waals surface area contributed by atoms with E-state index in [0.717, 1.165) is 19.5 Å². The van der Waals surface area contributed by atoms with Gasteiger partial charge in [-0.1, -0.05) is 0 Å². The van der Waals surface area contributed by atoms with E-state index in [1.807, 2.05) is 13.8 Å². The molecule has 1 unspecified atom stereocenters. The van der Waals surface area contributed by atoms with Crippen LogP contribution in [0.2, 0.25) is 0 Å². The minimum absolute atomic E-state index is 0. The summed E-state index contributed by atoms with van der Waals surface area (Å²) in [5.41, 5.74) is 5.20. The van der Waals surface area contributed by atoms with Gasteiger partial charge in [-0.05, 0) is 26.8 Å². The minimum atomic E-state index is -0.233. The van der Waals surface area contributed by atoms with Crippen LogP contribution in [0.25, 0.3) is 0 Å². The Morgan fingerprint density at radius 2 is 2.36 bits per heavy atom. The summed E-state index contributed by atoms with van der Waals surface area (Å²) in [4.78, 5) is 11.7. The monoisotopic (exact) mass is 221 g/mol. The van der Waals surface area contributed by atoms with Crippen molar-refractivity contribution in [2.75, 3.05) is 19.6 Å². The lowest BCUT2D eigenvalue weighted by atomic mass is 9.88. The highest BCUT2D eigenvalue weighted by Crippen LogP contribution is 2.24. The molecule has 0 saturated carbocycles. The Bertz CT molecular complexity index is 192. The van der Waals surface area contributed by atoms with Crippen LogP contribution in [-0.4, -0.2) is 31.6 Å². The maximum Gasteiger partial charge on any atom is 0.227 e. The van der Waals surface area contributed by atoms with Crippen molar-refractivity contribution in [2.45, 2.75) is 26.3 Å². The van der Waals surface area contributed by atoms with Crippen molar-refractivity contribution in [3.63, 3.8) is 0 Å². The molecule has 1 rings (SSSR count). The van der Waals surface area contributed by atoms with Gasteiger partial charge in [0, 0.05) is 19.1 Å². The van der Waals surface area contributed by atoms with Crippen LogP contribution in [0.3, 0.4) is 0 Å². The van der Waals surface area contributed by atoms with E-state index in [-0.39, 0.29) is 29.8 Å². The molecule has 0 aromatic rings. The van der Waals surface area contributed by atoms with Gasteiger partial charge in [-0.2, -0.15) is 0 Å². The van der Waals surface area contributed by atoms with Crippen LogP contribution in [0.4, 0.5) is 0 Å². The second-order valence-electron chi connectivity index (χ2n) is 4.10. The van der Waals surface area contributed by atoms with E-state index in [2.05, 4.69) is 10.6 Å². The smallest absolute Gasteiger partial charge is 0.227 e. The number of nitrogens with one attached hydrogen (secondary N) is 2. The summed E-state index contributed by atoms with van der Waals surface area (Å²) in [6, 6.07) is 0.0740. The third-order valence-corrected chi connectivity index (χ3v) is 2.65. The maximum atomic E-state index is 11.7. The van der Waals surface area contributed by atoms with Crippen molar-refractivity contribution >= 4 is 18.3 Å². The molecule has 0 bridgehead atoms. The normalized spacial score (nSPS) is 27.9. The highest BCUT2D eigenvalue weighted by Gasteiger charge is 2.36. The first kappa shape index (κ1) is 13.7. The Labute approximate surface area is 91.4 Å². The standard InChI is InChI=1S/C9H19N3O.ClH/c1-7(5-10)12-8(13)9(2)3-4-11-6-9;/h7,11H,3-6,10H2,1-2H3,(H,12,13);1H/t7-,9?;/m1./s1. The van der Waals surface area contributed by atoms with E-state index < -0.39 is 0 Å². The fourth-order valence-electron chi connectivity index (χ4n) is 1.47. The number of rotatable bonds is 3. The molecule has 0 radical (unpaired) electrons. The van der Waals surface area contributed by atoms with E-state index in [1.54, 1.807) is 0 Å². The highest BCUT2D eigenvalue weighted by atomic mass is 35.5. The minimum Gasteiger partial charge on any atom is -0.352 e. The third-order valence-electron chi connectivity index (χ3n) is 2.65. The number of nitrogens with two attached hydrogens (primary N) is 1. The zero-order valence-electron chi connectivity index (χ0n) is 8.80. The highest BCUT2D eigenvalue weighted by molar-refractivity contribution is 5.85.